The molecule has 32 heavy (non-hydrogen) atoms. The molecule has 1 amide bonds. The number of aromatic nitrogens is 4. The highest BCUT2D eigenvalue weighted by Crippen LogP contribution is 2.33. The molecule has 9 heteroatoms. The van der Waals surface area contributed by atoms with E-state index in [4.69, 9.17) is 9.47 Å². The van der Waals surface area contributed by atoms with Crippen LogP contribution in [0.2, 0.25) is 0 Å². The number of piperidine rings is 1. The first kappa shape index (κ1) is 19.6. The maximum Gasteiger partial charge on any atom is 0.228 e. The number of carbonyl (C=O) groups is 1. The summed E-state index contributed by atoms with van der Waals surface area (Å²) in [5.41, 5.74) is 3.25. The van der Waals surface area contributed by atoms with Gasteiger partial charge in [-0.3, -0.25) is 14.8 Å². The van der Waals surface area contributed by atoms with Gasteiger partial charge in [-0.2, -0.15) is 0 Å². The summed E-state index contributed by atoms with van der Waals surface area (Å²) in [6.45, 7) is 3.42. The molecular formula is C23H26N6O3. The number of hydrogen-bond donors (Lipinski definition) is 2. The quantitative estimate of drug-likeness (QED) is 0.635. The van der Waals surface area contributed by atoms with Gasteiger partial charge in [-0.05, 0) is 25.8 Å². The van der Waals surface area contributed by atoms with E-state index in [2.05, 4.69) is 25.6 Å². The molecule has 5 heterocycles. The molecule has 3 aliphatic rings. The lowest BCUT2D eigenvalue weighted by Crippen LogP contribution is -2.56. The summed E-state index contributed by atoms with van der Waals surface area (Å²) in [7, 11) is 0. The van der Waals surface area contributed by atoms with E-state index in [1.165, 1.54) is 0 Å². The molecule has 166 valence electrons. The molecule has 3 aromatic heterocycles. The lowest BCUT2D eigenvalue weighted by Gasteiger charge is -2.40. The summed E-state index contributed by atoms with van der Waals surface area (Å²) in [4.78, 5) is 25.6. The van der Waals surface area contributed by atoms with Crippen molar-refractivity contribution in [2.45, 2.75) is 50.8 Å². The maximum atomic E-state index is 12.1. The van der Waals surface area contributed by atoms with E-state index >= 15 is 0 Å². The Kier molecular flexibility index (Phi) is 4.80. The van der Waals surface area contributed by atoms with E-state index in [1.807, 2.05) is 29.8 Å². The monoisotopic (exact) mass is 434 g/mol. The Morgan fingerprint density at radius 2 is 2.00 bits per heavy atom. The maximum absolute atomic E-state index is 12.1. The summed E-state index contributed by atoms with van der Waals surface area (Å²) < 4.78 is 14.0. The van der Waals surface area contributed by atoms with Gasteiger partial charge in [0.25, 0.3) is 0 Å². The normalized spacial score (nSPS) is 25.0. The number of rotatable bonds is 5. The van der Waals surface area contributed by atoms with Gasteiger partial charge in [-0.25, -0.2) is 4.98 Å². The van der Waals surface area contributed by atoms with Crippen LogP contribution in [0.15, 0.2) is 30.9 Å². The number of nitrogens with one attached hydrogen (secondary N) is 2. The van der Waals surface area contributed by atoms with Gasteiger partial charge < -0.3 is 24.5 Å². The molecule has 2 unspecified atom stereocenters. The lowest BCUT2D eigenvalue weighted by molar-refractivity contribution is -0.117. The van der Waals surface area contributed by atoms with Crippen molar-refractivity contribution in [3.8, 4) is 17.0 Å². The molecule has 1 aliphatic carbocycles. The van der Waals surface area contributed by atoms with Crippen molar-refractivity contribution in [2.24, 2.45) is 5.92 Å². The summed E-state index contributed by atoms with van der Waals surface area (Å²) in [6, 6.07) is 2.67. The number of carbonyl (C=O) groups excluding carboxylic acids is 1. The number of hydrogen-bond acceptors (Lipinski definition) is 7. The summed E-state index contributed by atoms with van der Waals surface area (Å²) in [5, 5.41) is 6.49. The van der Waals surface area contributed by atoms with Gasteiger partial charge in [0.1, 0.15) is 11.9 Å². The van der Waals surface area contributed by atoms with Gasteiger partial charge >= 0.3 is 0 Å². The highest BCUT2D eigenvalue weighted by molar-refractivity contribution is 5.93. The first-order valence-corrected chi connectivity index (χ1v) is 11.2. The van der Waals surface area contributed by atoms with Crippen LogP contribution in [-0.4, -0.2) is 56.7 Å². The van der Waals surface area contributed by atoms with Gasteiger partial charge in [-0.15, -0.1) is 0 Å². The number of aryl methyl sites for hydroxylation is 1. The standard InChI is InChI=1S/C23H26N6O3/c1-13-4-18(20(7-24-13)32-17-5-15-11-31-12-16(6-17)26-15)19-9-29-10-21(27-22(29)8-25-19)28-23(30)14-2-3-14/h4,7-10,14-17,26H,2-3,5-6,11-12H2,1H3,(H,28,30). The zero-order valence-corrected chi connectivity index (χ0v) is 18.0. The number of amides is 1. The minimum atomic E-state index is 0.0409. The molecule has 2 bridgehead atoms. The van der Waals surface area contributed by atoms with Crippen LogP contribution < -0.4 is 15.4 Å². The Morgan fingerprint density at radius 1 is 1.19 bits per heavy atom. The van der Waals surface area contributed by atoms with Crippen molar-refractivity contribution in [1.29, 1.82) is 0 Å². The second kappa shape index (κ2) is 7.83. The Labute approximate surface area is 185 Å². The molecule has 0 aromatic carbocycles. The zero-order chi connectivity index (χ0) is 21.7. The van der Waals surface area contributed by atoms with E-state index in [-0.39, 0.29) is 17.9 Å². The zero-order valence-electron chi connectivity index (χ0n) is 18.0. The van der Waals surface area contributed by atoms with E-state index in [0.29, 0.717) is 23.5 Å². The van der Waals surface area contributed by atoms with Crippen molar-refractivity contribution >= 4 is 17.4 Å². The fourth-order valence-corrected chi connectivity index (χ4v) is 4.57. The number of fused-ring (bicyclic) bond motifs is 3. The van der Waals surface area contributed by atoms with Crippen LogP contribution in [-0.2, 0) is 9.53 Å². The van der Waals surface area contributed by atoms with Gasteiger partial charge in [0.15, 0.2) is 11.5 Å². The van der Waals surface area contributed by atoms with E-state index in [0.717, 1.165) is 61.6 Å². The predicted octanol–water partition coefficient (Wildman–Crippen LogP) is 2.35. The molecule has 1 saturated carbocycles. The van der Waals surface area contributed by atoms with Crippen LogP contribution in [0.1, 0.15) is 31.4 Å². The molecule has 2 aliphatic heterocycles. The number of pyridine rings is 1. The molecule has 0 spiro atoms. The average Bonchev–Trinajstić information content (AvgIpc) is 3.55. The van der Waals surface area contributed by atoms with Gasteiger partial charge in [-0.1, -0.05) is 0 Å². The third-order valence-corrected chi connectivity index (χ3v) is 6.32. The Bertz CT molecular complexity index is 1160. The number of ether oxygens (including phenoxy) is 2. The third-order valence-electron chi connectivity index (χ3n) is 6.32. The minimum absolute atomic E-state index is 0.0409. The summed E-state index contributed by atoms with van der Waals surface area (Å²) in [5.74, 6) is 1.45. The highest BCUT2D eigenvalue weighted by atomic mass is 16.5. The Balaban J connectivity index is 1.27. The predicted molar refractivity (Wildman–Crippen MR) is 117 cm³/mol. The molecule has 3 aromatic rings. The fourth-order valence-electron chi connectivity index (χ4n) is 4.57. The lowest BCUT2D eigenvalue weighted by atomic mass is 9.94. The van der Waals surface area contributed by atoms with Gasteiger partial charge in [0, 0.05) is 48.3 Å². The van der Waals surface area contributed by atoms with Crippen LogP contribution >= 0.6 is 0 Å². The molecule has 3 fully saturated rings. The van der Waals surface area contributed by atoms with E-state index in [9.17, 15) is 4.79 Å². The summed E-state index contributed by atoms with van der Waals surface area (Å²) >= 11 is 0. The molecule has 2 N–H and O–H groups in total. The van der Waals surface area contributed by atoms with Crippen LogP contribution in [0.5, 0.6) is 5.75 Å². The summed E-state index contributed by atoms with van der Waals surface area (Å²) in [6.07, 6.45) is 11.1. The van der Waals surface area contributed by atoms with Crippen molar-refractivity contribution in [2.75, 3.05) is 18.5 Å². The molecular weight excluding hydrogens is 408 g/mol. The largest absolute Gasteiger partial charge is 0.488 e. The molecule has 0 radical (unpaired) electrons. The third kappa shape index (κ3) is 3.93. The van der Waals surface area contributed by atoms with E-state index < -0.39 is 0 Å². The molecule has 2 saturated heterocycles. The van der Waals surface area contributed by atoms with Crippen molar-refractivity contribution < 1.29 is 14.3 Å². The molecule has 6 rings (SSSR count). The number of morpholine rings is 1. The Hall–Kier alpha value is -3.04. The highest BCUT2D eigenvalue weighted by Gasteiger charge is 2.33. The van der Waals surface area contributed by atoms with Crippen molar-refractivity contribution in [3.05, 3.63) is 36.5 Å². The minimum Gasteiger partial charge on any atom is -0.488 e. The number of anilines is 1. The van der Waals surface area contributed by atoms with E-state index in [1.54, 1.807) is 12.4 Å². The first-order valence-electron chi connectivity index (χ1n) is 11.2. The first-order chi connectivity index (χ1) is 15.6. The molecule has 9 nitrogen and oxygen atoms in total. The topological polar surface area (TPSA) is 103 Å². The molecule has 2 atom stereocenters. The van der Waals surface area contributed by atoms with Crippen LogP contribution in [0.4, 0.5) is 5.82 Å². The second-order valence-corrected chi connectivity index (χ2v) is 9.06. The second-order valence-electron chi connectivity index (χ2n) is 9.06. The average molecular weight is 435 g/mol. The smallest absolute Gasteiger partial charge is 0.228 e. The number of imidazole rings is 1. The fraction of sp³-hybridized carbons (Fsp3) is 0.478. The SMILES string of the molecule is Cc1cc(-c2cn3cc(NC(=O)C4CC4)nc3cn2)c(OC2CC3COCC(C2)N3)cn1. The van der Waals surface area contributed by atoms with Gasteiger partial charge in [0.2, 0.25) is 5.91 Å². The van der Waals surface area contributed by atoms with Crippen LogP contribution in [0.25, 0.3) is 16.9 Å². The number of nitrogens with zero attached hydrogens (tertiary/aromatic N) is 4. The van der Waals surface area contributed by atoms with Gasteiger partial charge in [0.05, 0.1) is 37.5 Å². The van der Waals surface area contributed by atoms with Crippen molar-refractivity contribution in [1.82, 2.24) is 24.7 Å². The Morgan fingerprint density at radius 3 is 2.78 bits per heavy atom. The van der Waals surface area contributed by atoms with Crippen molar-refractivity contribution in [3.63, 3.8) is 0 Å². The van der Waals surface area contributed by atoms with Crippen LogP contribution in [0.3, 0.4) is 0 Å². The van der Waals surface area contributed by atoms with Crippen LogP contribution in [0, 0.1) is 12.8 Å².